The minimum Gasteiger partial charge on any atom is -0.381 e. The first-order valence-corrected chi connectivity index (χ1v) is 7.33. The summed E-state index contributed by atoms with van der Waals surface area (Å²) >= 11 is 0. The number of rotatable bonds is 4. The van der Waals surface area contributed by atoms with Crippen molar-refractivity contribution >= 4 is 5.91 Å². The van der Waals surface area contributed by atoms with Crippen molar-refractivity contribution in [3.8, 4) is 0 Å². The van der Waals surface area contributed by atoms with Gasteiger partial charge in [-0.3, -0.25) is 4.79 Å². The molecule has 2 rings (SSSR count). The Balaban J connectivity index is 1.63. The highest BCUT2D eigenvalue weighted by Gasteiger charge is 2.22. The van der Waals surface area contributed by atoms with Gasteiger partial charge < -0.3 is 15.0 Å². The van der Waals surface area contributed by atoms with E-state index in [9.17, 15) is 4.79 Å². The smallest absolute Gasteiger partial charge is 0.236 e. The Hall–Kier alpha value is -0.610. The highest BCUT2D eigenvalue weighted by molar-refractivity contribution is 5.78. The van der Waals surface area contributed by atoms with Gasteiger partial charge in [-0.1, -0.05) is 0 Å². The van der Waals surface area contributed by atoms with Crippen LogP contribution in [0.25, 0.3) is 0 Å². The van der Waals surface area contributed by atoms with E-state index in [1.54, 1.807) is 7.11 Å². The zero-order valence-electron chi connectivity index (χ0n) is 11.5. The molecule has 1 amide bonds. The van der Waals surface area contributed by atoms with Crippen LogP contribution in [0.3, 0.4) is 0 Å². The van der Waals surface area contributed by atoms with Crippen molar-refractivity contribution in [2.45, 2.75) is 57.1 Å². The van der Waals surface area contributed by atoms with E-state index < -0.39 is 0 Å². The Morgan fingerprint density at radius 3 is 2.44 bits per heavy atom. The Morgan fingerprint density at radius 2 is 1.83 bits per heavy atom. The number of nitrogens with one attached hydrogen (secondary N) is 1. The number of hydrogen-bond acceptors (Lipinski definition) is 3. The highest BCUT2D eigenvalue weighted by Crippen LogP contribution is 2.20. The average molecular weight is 254 g/mol. The van der Waals surface area contributed by atoms with Crippen LogP contribution in [0.4, 0.5) is 0 Å². The molecule has 104 valence electrons. The zero-order valence-corrected chi connectivity index (χ0v) is 11.5. The standard InChI is InChI=1S/C14H26N2O2/c1-18-13-7-5-12(6-8-13)15-11-14(17)16-9-3-2-4-10-16/h12-13,15H,2-11H2,1H3. The second-order valence-electron chi connectivity index (χ2n) is 5.53. The molecule has 1 saturated carbocycles. The van der Waals surface area contributed by atoms with Crippen LogP contribution in [0.2, 0.25) is 0 Å². The van der Waals surface area contributed by atoms with Gasteiger partial charge in [0.1, 0.15) is 0 Å². The highest BCUT2D eigenvalue weighted by atomic mass is 16.5. The van der Waals surface area contributed by atoms with E-state index in [4.69, 9.17) is 4.74 Å². The number of carbonyl (C=O) groups excluding carboxylic acids is 1. The first-order valence-electron chi connectivity index (χ1n) is 7.33. The van der Waals surface area contributed by atoms with Crippen molar-refractivity contribution in [2.24, 2.45) is 0 Å². The Bertz CT molecular complexity index is 257. The normalized spacial score (nSPS) is 29.3. The summed E-state index contributed by atoms with van der Waals surface area (Å²) in [5, 5.41) is 3.42. The molecule has 18 heavy (non-hydrogen) atoms. The third-order valence-corrected chi connectivity index (χ3v) is 4.26. The molecule has 4 nitrogen and oxygen atoms in total. The van der Waals surface area contributed by atoms with E-state index in [1.807, 2.05) is 4.90 Å². The summed E-state index contributed by atoms with van der Waals surface area (Å²) < 4.78 is 5.36. The van der Waals surface area contributed by atoms with Gasteiger partial charge in [-0.05, 0) is 44.9 Å². The SMILES string of the molecule is COC1CCC(NCC(=O)N2CCCCC2)CC1. The molecule has 2 fully saturated rings. The summed E-state index contributed by atoms with van der Waals surface area (Å²) in [5.74, 6) is 0.281. The van der Waals surface area contributed by atoms with Gasteiger partial charge in [0, 0.05) is 26.2 Å². The Kier molecular flexibility index (Phi) is 5.45. The van der Waals surface area contributed by atoms with E-state index in [-0.39, 0.29) is 5.91 Å². The van der Waals surface area contributed by atoms with Crippen molar-refractivity contribution in [3.05, 3.63) is 0 Å². The predicted octanol–water partition coefficient (Wildman–Crippen LogP) is 1.55. The van der Waals surface area contributed by atoms with Crippen molar-refractivity contribution in [3.63, 3.8) is 0 Å². The molecular formula is C14H26N2O2. The molecule has 0 aromatic heterocycles. The number of likely N-dealkylation sites (tertiary alicyclic amines) is 1. The summed E-state index contributed by atoms with van der Waals surface area (Å²) in [7, 11) is 1.79. The van der Waals surface area contributed by atoms with Gasteiger partial charge in [-0.25, -0.2) is 0 Å². The topological polar surface area (TPSA) is 41.6 Å². The van der Waals surface area contributed by atoms with Gasteiger partial charge in [0.2, 0.25) is 5.91 Å². The maximum atomic E-state index is 12.0. The molecule has 0 spiro atoms. The quantitative estimate of drug-likeness (QED) is 0.827. The van der Waals surface area contributed by atoms with Crippen LogP contribution in [0.5, 0.6) is 0 Å². The van der Waals surface area contributed by atoms with Crippen LogP contribution in [0.15, 0.2) is 0 Å². The van der Waals surface area contributed by atoms with Crippen molar-refractivity contribution in [1.29, 1.82) is 0 Å². The lowest BCUT2D eigenvalue weighted by atomic mass is 9.93. The monoisotopic (exact) mass is 254 g/mol. The minimum atomic E-state index is 0.281. The Morgan fingerprint density at radius 1 is 1.17 bits per heavy atom. The minimum absolute atomic E-state index is 0.281. The van der Waals surface area contributed by atoms with Crippen molar-refractivity contribution in [1.82, 2.24) is 10.2 Å². The molecule has 0 unspecified atom stereocenters. The van der Waals surface area contributed by atoms with Crippen LogP contribution in [0, 0.1) is 0 Å². The molecule has 4 heteroatoms. The van der Waals surface area contributed by atoms with E-state index in [0.717, 1.165) is 38.8 Å². The van der Waals surface area contributed by atoms with E-state index in [2.05, 4.69) is 5.32 Å². The lowest BCUT2D eigenvalue weighted by molar-refractivity contribution is -0.131. The van der Waals surface area contributed by atoms with Crippen LogP contribution in [0.1, 0.15) is 44.9 Å². The molecule has 0 aromatic carbocycles. The summed E-state index contributed by atoms with van der Waals surface area (Å²) in [6.45, 7) is 2.43. The third-order valence-electron chi connectivity index (χ3n) is 4.26. The Labute approximate surface area is 110 Å². The van der Waals surface area contributed by atoms with Crippen LogP contribution < -0.4 is 5.32 Å². The first-order chi connectivity index (χ1) is 8.79. The number of piperidine rings is 1. The number of hydrogen-bond donors (Lipinski definition) is 1. The molecule has 1 aliphatic carbocycles. The molecule has 1 N–H and O–H groups in total. The maximum Gasteiger partial charge on any atom is 0.236 e. The van der Waals surface area contributed by atoms with Crippen molar-refractivity contribution in [2.75, 3.05) is 26.7 Å². The van der Waals surface area contributed by atoms with Gasteiger partial charge in [0.25, 0.3) is 0 Å². The fourth-order valence-electron chi connectivity index (χ4n) is 2.99. The fourth-order valence-corrected chi connectivity index (χ4v) is 2.99. The van der Waals surface area contributed by atoms with E-state index >= 15 is 0 Å². The third kappa shape index (κ3) is 3.95. The first kappa shape index (κ1) is 13.8. The molecule has 1 heterocycles. The predicted molar refractivity (Wildman–Crippen MR) is 71.5 cm³/mol. The summed E-state index contributed by atoms with van der Waals surface area (Å²) in [5.41, 5.74) is 0. The van der Waals surface area contributed by atoms with Crippen molar-refractivity contribution < 1.29 is 9.53 Å². The van der Waals surface area contributed by atoms with Gasteiger partial charge in [0.15, 0.2) is 0 Å². The van der Waals surface area contributed by atoms with Gasteiger partial charge in [-0.15, -0.1) is 0 Å². The number of amides is 1. The fraction of sp³-hybridized carbons (Fsp3) is 0.929. The maximum absolute atomic E-state index is 12.0. The summed E-state index contributed by atoms with van der Waals surface area (Å²) in [4.78, 5) is 14.0. The number of carbonyl (C=O) groups is 1. The summed E-state index contributed by atoms with van der Waals surface area (Å²) in [6, 6.07) is 0.505. The van der Waals surface area contributed by atoms with Crippen LogP contribution >= 0.6 is 0 Å². The largest absolute Gasteiger partial charge is 0.381 e. The van der Waals surface area contributed by atoms with Crippen LogP contribution in [-0.4, -0.2) is 49.7 Å². The van der Waals surface area contributed by atoms with Crippen LogP contribution in [-0.2, 0) is 9.53 Å². The number of nitrogens with zero attached hydrogens (tertiary/aromatic N) is 1. The number of ether oxygens (including phenoxy) is 1. The van der Waals surface area contributed by atoms with E-state index in [0.29, 0.717) is 18.7 Å². The molecule has 0 radical (unpaired) electrons. The zero-order chi connectivity index (χ0) is 12.8. The second-order valence-corrected chi connectivity index (χ2v) is 5.53. The second kappa shape index (κ2) is 7.10. The van der Waals surface area contributed by atoms with E-state index in [1.165, 1.54) is 19.3 Å². The lowest BCUT2D eigenvalue weighted by Crippen LogP contribution is -2.44. The lowest BCUT2D eigenvalue weighted by Gasteiger charge is -2.30. The molecule has 0 bridgehead atoms. The molecule has 2 aliphatic rings. The molecule has 0 aromatic rings. The van der Waals surface area contributed by atoms with Gasteiger partial charge in [0.05, 0.1) is 12.6 Å². The summed E-state index contributed by atoms with van der Waals surface area (Å²) in [6.07, 6.45) is 8.55. The van der Waals surface area contributed by atoms with Gasteiger partial charge >= 0.3 is 0 Å². The average Bonchev–Trinajstić information content (AvgIpc) is 2.46. The van der Waals surface area contributed by atoms with Gasteiger partial charge in [-0.2, -0.15) is 0 Å². The molecule has 1 aliphatic heterocycles. The molecule has 0 atom stereocenters. The molecule has 1 saturated heterocycles. The number of methoxy groups -OCH3 is 1. The molecular weight excluding hydrogens is 228 g/mol.